The van der Waals surface area contributed by atoms with E-state index in [1.807, 2.05) is 72.8 Å². The summed E-state index contributed by atoms with van der Waals surface area (Å²) in [5, 5.41) is 3.99. The van der Waals surface area contributed by atoms with E-state index in [1.54, 1.807) is 19.3 Å². The second-order valence-electron chi connectivity index (χ2n) is 5.58. The summed E-state index contributed by atoms with van der Waals surface area (Å²) in [6.07, 6.45) is 3.36. The Morgan fingerprint density at radius 1 is 0.920 bits per heavy atom. The lowest BCUT2D eigenvalue weighted by Crippen LogP contribution is -2.16. The molecule has 0 N–H and O–H groups in total. The predicted octanol–water partition coefficient (Wildman–Crippen LogP) is 4.18. The quantitative estimate of drug-likeness (QED) is 0.400. The molecule has 4 heteroatoms. The maximum absolute atomic E-state index is 12.7. The SMILES string of the molecule is C/C(=N\OC(=O)C(c1ccccc1)c1ccccc1)c1cccnc1. The van der Waals surface area contributed by atoms with Crippen LogP contribution in [0, 0.1) is 0 Å². The summed E-state index contributed by atoms with van der Waals surface area (Å²) in [5.41, 5.74) is 3.15. The van der Waals surface area contributed by atoms with Crippen molar-refractivity contribution in [3.05, 3.63) is 102 Å². The molecule has 2 aromatic carbocycles. The van der Waals surface area contributed by atoms with Crippen molar-refractivity contribution in [3.63, 3.8) is 0 Å². The maximum atomic E-state index is 12.7. The minimum Gasteiger partial charge on any atom is -0.317 e. The van der Waals surface area contributed by atoms with Gasteiger partial charge in [0.2, 0.25) is 0 Å². The molecule has 0 bridgehead atoms. The molecule has 0 aliphatic rings. The Labute approximate surface area is 146 Å². The van der Waals surface area contributed by atoms with Gasteiger partial charge in [-0.25, -0.2) is 4.79 Å². The first-order valence-corrected chi connectivity index (χ1v) is 8.01. The molecule has 25 heavy (non-hydrogen) atoms. The number of carbonyl (C=O) groups excluding carboxylic acids is 1. The van der Waals surface area contributed by atoms with E-state index in [0.29, 0.717) is 5.71 Å². The smallest absolute Gasteiger partial charge is 0.317 e. The van der Waals surface area contributed by atoms with Crippen molar-refractivity contribution in [2.45, 2.75) is 12.8 Å². The molecule has 0 fully saturated rings. The molecule has 1 aromatic heterocycles. The number of rotatable bonds is 5. The van der Waals surface area contributed by atoms with Crippen LogP contribution in [-0.2, 0) is 9.63 Å². The van der Waals surface area contributed by atoms with Gasteiger partial charge in [-0.1, -0.05) is 65.8 Å². The van der Waals surface area contributed by atoms with Crippen LogP contribution in [-0.4, -0.2) is 16.7 Å². The Balaban J connectivity index is 1.85. The fraction of sp³-hybridized carbons (Fsp3) is 0.0952. The van der Waals surface area contributed by atoms with Gasteiger partial charge in [0, 0.05) is 18.0 Å². The highest BCUT2D eigenvalue weighted by Crippen LogP contribution is 2.26. The van der Waals surface area contributed by atoms with E-state index in [1.165, 1.54) is 0 Å². The molecule has 0 aliphatic carbocycles. The number of pyridine rings is 1. The number of benzene rings is 2. The van der Waals surface area contributed by atoms with E-state index < -0.39 is 11.9 Å². The van der Waals surface area contributed by atoms with Crippen LogP contribution in [0.15, 0.2) is 90.3 Å². The third-order valence-electron chi connectivity index (χ3n) is 3.85. The van der Waals surface area contributed by atoms with Gasteiger partial charge in [-0.15, -0.1) is 0 Å². The van der Waals surface area contributed by atoms with Crippen molar-refractivity contribution in [1.29, 1.82) is 0 Å². The molecule has 3 aromatic rings. The van der Waals surface area contributed by atoms with Crippen LogP contribution in [0.5, 0.6) is 0 Å². The zero-order valence-corrected chi connectivity index (χ0v) is 13.9. The number of hydrogen-bond acceptors (Lipinski definition) is 4. The Bertz CT molecular complexity index is 807. The lowest BCUT2D eigenvalue weighted by atomic mass is 9.91. The highest BCUT2D eigenvalue weighted by Gasteiger charge is 2.24. The number of aromatic nitrogens is 1. The van der Waals surface area contributed by atoms with Crippen LogP contribution in [0.2, 0.25) is 0 Å². The second kappa shape index (κ2) is 8.02. The predicted molar refractivity (Wildman–Crippen MR) is 97.3 cm³/mol. The van der Waals surface area contributed by atoms with E-state index in [2.05, 4.69) is 10.1 Å². The van der Waals surface area contributed by atoms with Gasteiger partial charge in [-0.3, -0.25) is 4.98 Å². The summed E-state index contributed by atoms with van der Waals surface area (Å²) >= 11 is 0. The lowest BCUT2D eigenvalue weighted by Gasteiger charge is -2.15. The number of hydrogen-bond donors (Lipinski definition) is 0. The van der Waals surface area contributed by atoms with Crippen molar-refractivity contribution in [1.82, 2.24) is 4.98 Å². The Morgan fingerprint density at radius 3 is 2.04 bits per heavy atom. The second-order valence-corrected chi connectivity index (χ2v) is 5.58. The van der Waals surface area contributed by atoms with Crippen LogP contribution >= 0.6 is 0 Å². The molecule has 0 atom stereocenters. The standard InChI is InChI=1S/C21H18N2O2/c1-16(19-13-8-14-22-15-19)23-25-21(24)20(17-9-4-2-5-10-17)18-11-6-3-7-12-18/h2-15,20H,1H3/b23-16+. The molecule has 0 saturated heterocycles. The van der Waals surface area contributed by atoms with Gasteiger partial charge in [0.1, 0.15) is 5.92 Å². The summed E-state index contributed by atoms with van der Waals surface area (Å²) < 4.78 is 0. The highest BCUT2D eigenvalue weighted by molar-refractivity contribution is 5.98. The number of oxime groups is 1. The molecule has 0 amide bonds. The topological polar surface area (TPSA) is 51.5 Å². The molecular formula is C21H18N2O2. The zero-order valence-electron chi connectivity index (χ0n) is 13.9. The number of nitrogens with zero attached hydrogens (tertiary/aromatic N) is 2. The monoisotopic (exact) mass is 330 g/mol. The molecule has 1 heterocycles. The Morgan fingerprint density at radius 2 is 1.52 bits per heavy atom. The minimum atomic E-state index is -0.521. The molecule has 4 nitrogen and oxygen atoms in total. The van der Waals surface area contributed by atoms with Crippen LogP contribution in [0.25, 0.3) is 0 Å². The third-order valence-corrected chi connectivity index (χ3v) is 3.85. The molecule has 0 spiro atoms. The summed E-state index contributed by atoms with van der Waals surface area (Å²) in [4.78, 5) is 22.0. The first kappa shape index (κ1) is 16.6. The van der Waals surface area contributed by atoms with E-state index >= 15 is 0 Å². The van der Waals surface area contributed by atoms with Gasteiger partial charge < -0.3 is 4.84 Å². The first-order valence-electron chi connectivity index (χ1n) is 8.01. The van der Waals surface area contributed by atoms with Crippen molar-refractivity contribution in [2.75, 3.05) is 0 Å². The Hall–Kier alpha value is -3.27. The van der Waals surface area contributed by atoms with Gasteiger partial charge in [-0.05, 0) is 30.2 Å². The highest BCUT2D eigenvalue weighted by atomic mass is 16.7. The lowest BCUT2D eigenvalue weighted by molar-refractivity contribution is -0.144. The molecule has 0 radical (unpaired) electrons. The third kappa shape index (κ3) is 4.18. The fourth-order valence-electron chi connectivity index (χ4n) is 2.55. The van der Waals surface area contributed by atoms with Crippen molar-refractivity contribution in [2.24, 2.45) is 5.16 Å². The summed E-state index contributed by atoms with van der Waals surface area (Å²) in [5.74, 6) is -0.937. The number of carbonyl (C=O) groups is 1. The van der Waals surface area contributed by atoms with Crippen molar-refractivity contribution >= 4 is 11.7 Å². The summed E-state index contributed by atoms with van der Waals surface area (Å²) in [6.45, 7) is 1.78. The minimum absolute atomic E-state index is 0.416. The van der Waals surface area contributed by atoms with Crippen LogP contribution in [0.1, 0.15) is 29.5 Å². The molecule has 0 aliphatic heterocycles. The van der Waals surface area contributed by atoms with E-state index in [-0.39, 0.29) is 0 Å². The molecule has 124 valence electrons. The van der Waals surface area contributed by atoms with Gasteiger partial charge in [0.25, 0.3) is 0 Å². The van der Waals surface area contributed by atoms with Gasteiger partial charge in [-0.2, -0.15) is 0 Å². The maximum Gasteiger partial charge on any atom is 0.346 e. The normalized spacial score (nSPS) is 11.4. The summed E-state index contributed by atoms with van der Waals surface area (Å²) in [7, 11) is 0. The average Bonchev–Trinajstić information content (AvgIpc) is 2.69. The molecule has 0 unspecified atom stereocenters. The van der Waals surface area contributed by atoms with Crippen molar-refractivity contribution < 1.29 is 9.63 Å². The van der Waals surface area contributed by atoms with Crippen LogP contribution in [0.4, 0.5) is 0 Å². The fourth-order valence-corrected chi connectivity index (χ4v) is 2.55. The van der Waals surface area contributed by atoms with Crippen LogP contribution in [0.3, 0.4) is 0 Å². The van der Waals surface area contributed by atoms with Gasteiger partial charge >= 0.3 is 5.97 Å². The molecule has 3 rings (SSSR count). The van der Waals surface area contributed by atoms with E-state index in [9.17, 15) is 4.79 Å². The first-order chi connectivity index (χ1) is 12.3. The van der Waals surface area contributed by atoms with E-state index in [4.69, 9.17) is 4.84 Å². The largest absolute Gasteiger partial charge is 0.346 e. The molecule has 0 saturated carbocycles. The van der Waals surface area contributed by atoms with Gasteiger partial charge in [0.15, 0.2) is 0 Å². The molecular weight excluding hydrogens is 312 g/mol. The van der Waals surface area contributed by atoms with Gasteiger partial charge in [0.05, 0.1) is 5.71 Å². The van der Waals surface area contributed by atoms with E-state index in [0.717, 1.165) is 16.7 Å². The van der Waals surface area contributed by atoms with Crippen LogP contribution < -0.4 is 0 Å². The zero-order chi connectivity index (χ0) is 17.5. The summed E-state index contributed by atoms with van der Waals surface area (Å²) in [6, 6.07) is 22.8. The Kier molecular flexibility index (Phi) is 5.32. The van der Waals surface area contributed by atoms with Crippen molar-refractivity contribution in [3.8, 4) is 0 Å². The average molecular weight is 330 g/mol.